The SMILES string of the molecule is CCOc1cccc2c1nc(CCCl)n2CC1(CC)CC1. The van der Waals surface area contributed by atoms with Crippen molar-refractivity contribution in [3.8, 4) is 5.75 Å². The summed E-state index contributed by atoms with van der Waals surface area (Å²) in [6, 6.07) is 6.20. The van der Waals surface area contributed by atoms with Crippen molar-refractivity contribution in [3.05, 3.63) is 24.0 Å². The Labute approximate surface area is 131 Å². The Morgan fingerprint density at radius 2 is 2.14 bits per heavy atom. The van der Waals surface area contributed by atoms with Gasteiger partial charge in [-0.15, -0.1) is 11.6 Å². The number of hydrogen-bond acceptors (Lipinski definition) is 2. The number of rotatable bonds is 7. The van der Waals surface area contributed by atoms with Crippen molar-refractivity contribution in [2.24, 2.45) is 5.41 Å². The minimum atomic E-state index is 0.482. The van der Waals surface area contributed by atoms with Gasteiger partial charge in [0.1, 0.15) is 17.1 Å². The van der Waals surface area contributed by atoms with Gasteiger partial charge in [0, 0.05) is 18.8 Å². The first kappa shape index (κ1) is 14.7. The fourth-order valence-electron chi connectivity index (χ4n) is 3.03. The van der Waals surface area contributed by atoms with Crippen molar-refractivity contribution < 1.29 is 4.74 Å². The second kappa shape index (κ2) is 5.88. The van der Waals surface area contributed by atoms with E-state index < -0.39 is 0 Å². The van der Waals surface area contributed by atoms with Crippen LogP contribution in [0.25, 0.3) is 11.0 Å². The van der Waals surface area contributed by atoms with Crippen molar-refractivity contribution in [2.75, 3.05) is 12.5 Å². The van der Waals surface area contributed by atoms with E-state index in [1.54, 1.807) is 0 Å². The molecule has 1 aliphatic rings. The fourth-order valence-corrected chi connectivity index (χ4v) is 3.20. The number of alkyl halides is 1. The molecule has 21 heavy (non-hydrogen) atoms. The second-order valence-electron chi connectivity index (χ2n) is 5.96. The number of ether oxygens (including phenoxy) is 1. The van der Waals surface area contributed by atoms with Crippen LogP contribution in [0.5, 0.6) is 5.75 Å². The Bertz CT molecular complexity index is 631. The van der Waals surface area contributed by atoms with E-state index in [0.717, 1.165) is 30.1 Å². The van der Waals surface area contributed by atoms with Crippen LogP contribution in [-0.4, -0.2) is 22.0 Å². The standard InChI is InChI=1S/C17H23ClN2O/c1-3-17(9-10-17)12-20-13-6-5-7-14(21-4-2)16(13)19-15(20)8-11-18/h5-7H,3-4,8-12H2,1-2H3. The molecule has 0 radical (unpaired) electrons. The highest BCUT2D eigenvalue weighted by atomic mass is 35.5. The van der Waals surface area contributed by atoms with E-state index in [1.807, 2.05) is 13.0 Å². The molecule has 1 aliphatic carbocycles. The van der Waals surface area contributed by atoms with Gasteiger partial charge in [-0.05, 0) is 43.7 Å². The largest absolute Gasteiger partial charge is 0.492 e. The second-order valence-corrected chi connectivity index (χ2v) is 6.34. The summed E-state index contributed by atoms with van der Waals surface area (Å²) in [7, 11) is 0. The molecule has 3 nitrogen and oxygen atoms in total. The highest BCUT2D eigenvalue weighted by Gasteiger charge is 2.41. The zero-order chi connectivity index (χ0) is 14.9. The van der Waals surface area contributed by atoms with E-state index in [1.165, 1.54) is 24.8 Å². The summed E-state index contributed by atoms with van der Waals surface area (Å²) in [6.07, 6.45) is 4.70. The molecule has 1 aromatic carbocycles. The third-order valence-corrected chi connectivity index (χ3v) is 4.83. The van der Waals surface area contributed by atoms with Crippen LogP contribution >= 0.6 is 11.6 Å². The number of halogens is 1. The van der Waals surface area contributed by atoms with Crippen molar-refractivity contribution in [3.63, 3.8) is 0 Å². The van der Waals surface area contributed by atoms with E-state index in [-0.39, 0.29) is 0 Å². The number of aromatic nitrogens is 2. The molecule has 1 saturated carbocycles. The van der Waals surface area contributed by atoms with Gasteiger partial charge in [0.2, 0.25) is 0 Å². The number of hydrogen-bond donors (Lipinski definition) is 0. The lowest BCUT2D eigenvalue weighted by molar-refractivity contribution is 0.343. The monoisotopic (exact) mass is 306 g/mol. The molecular formula is C17H23ClN2O. The lowest BCUT2D eigenvalue weighted by Gasteiger charge is -2.16. The van der Waals surface area contributed by atoms with Gasteiger partial charge in [-0.25, -0.2) is 4.98 Å². The smallest absolute Gasteiger partial charge is 0.147 e. The number of nitrogens with zero attached hydrogens (tertiary/aromatic N) is 2. The summed E-state index contributed by atoms with van der Waals surface area (Å²) in [4.78, 5) is 4.82. The first-order chi connectivity index (χ1) is 10.2. The van der Waals surface area contributed by atoms with Gasteiger partial charge in [0.15, 0.2) is 0 Å². The normalized spacial score (nSPS) is 16.3. The molecule has 3 rings (SSSR count). The summed E-state index contributed by atoms with van der Waals surface area (Å²) >= 11 is 5.97. The average molecular weight is 307 g/mol. The number of imidazole rings is 1. The predicted octanol–water partition coefficient (Wildman–Crippen LogP) is 4.41. The summed E-state index contributed by atoms with van der Waals surface area (Å²) in [5, 5.41) is 0. The van der Waals surface area contributed by atoms with Crippen LogP contribution in [-0.2, 0) is 13.0 Å². The van der Waals surface area contributed by atoms with Crippen LogP contribution in [0.4, 0.5) is 0 Å². The highest BCUT2D eigenvalue weighted by Crippen LogP contribution is 2.50. The first-order valence-electron chi connectivity index (χ1n) is 7.90. The van der Waals surface area contributed by atoms with Gasteiger partial charge in [-0.1, -0.05) is 13.0 Å². The highest BCUT2D eigenvalue weighted by molar-refractivity contribution is 6.17. The van der Waals surface area contributed by atoms with Crippen molar-refractivity contribution >= 4 is 22.6 Å². The van der Waals surface area contributed by atoms with Crippen LogP contribution in [0.1, 0.15) is 38.9 Å². The van der Waals surface area contributed by atoms with Crippen LogP contribution in [0.2, 0.25) is 0 Å². The summed E-state index contributed by atoms with van der Waals surface area (Å²) in [6.45, 7) is 6.02. The Kier molecular flexibility index (Phi) is 4.12. The quantitative estimate of drug-likeness (QED) is 0.709. The van der Waals surface area contributed by atoms with Crippen molar-refractivity contribution in [1.29, 1.82) is 0 Å². The Morgan fingerprint density at radius 3 is 2.76 bits per heavy atom. The number of fused-ring (bicyclic) bond motifs is 1. The lowest BCUT2D eigenvalue weighted by Crippen LogP contribution is -2.13. The molecule has 1 heterocycles. The van der Waals surface area contributed by atoms with Gasteiger partial charge in [-0.2, -0.15) is 0 Å². The average Bonchev–Trinajstić information content (AvgIpc) is 3.19. The third-order valence-electron chi connectivity index (χ3n) is 4.64. The minimum Gasteiger partial charge on any atom is -0.492 e. The first-order valence-corrected chi connectivity index (χ1v) is 8.43. The predicted molar refractivity (Wildman–Crippen MR) is 87.3 cm³/mol. The number of benzene rings is 1. The van der Waals surface area contributed by atoms with Gasteiger partial charge in [-0.3, -0.25) is 0 Å². The van der Waals surface area contributed by atoms with E-state index in [4.69, 9.17) is 21.3 Å². The van der Waals surface area contributed by atoms with Crippen LogP contribution in [0, 0.1) is 5.41 Å². The van der Waals surface area contributed by atoms with Crippen LogP contribution < -0.4 is 4.74 Å². The number of aryl methyl sites for hydroxylation is 1. The summed E-state index contributed by atoms with van der Waals surface area (Å²) in [5.74, 6) is 2.57. The fraction of sp³-hybridized carbons (Fsp3) is 0.588. The molecule has 0 bridgehead atoms. The molecule has 1 fully saturated rings. The van der Waals surface area contributed by atoms with Gasteiger partial charge in [0.25, 0.3) is 0 Å². The summed E-state index contributed by atoms with van der Waals surface area (Å²) in [5.41, 5.74) is 2.64. The van der Waals surface area contributed by atoms with Gasteiger partial charge >= 0.3 is 0 Å². The molecule has 1 aromatic heterocycles. The number of para-hydroxylation sites is 1. The Balaban J connectivity index is 2.06. The van der Waals surface area contributed by atoms with E-state index >= 15 is 0 Å². The summed E-state index contributed by atoms with van der Waals surface area (Å²) < 4.78 is 8.10. The third kappa shape index (κ3) is 2.76. The molecule has 0 spiro atoms. The molecule has 0 atom stereocenters. The van der Waals surface area contributed by atoms with E-state index in [9.17, 15) is 0 Å². The zero-order valence-corrected chi connectivity index (χ0v) is 13.6. The maximum atomic E-state index is 5.97. The van der Waals surface area contributed by atoms with Crippen LogP contribution in [0.3, 0.4) is 0 Å². The van der Waals surface area contributed by atoms with Crippen LogP contribution in [0.15, 0.2) is 18.2 Å². The molecule has 0 aliphatic heterocycles. The lowest BCUT2D eigenvalue weighted by atomic mass is 10.0. The minimum absolute atomic E-state index is 0.482. The molecule has 0 saturated heterocycles. The molecule has 0 unspecified atom stereocenters. The molecule has 0 amide bonds. The van der Waals surface area contributed by atoms with E-state index in [0.29, 0.717) is 17.9 Å². The maximum absolute atomic E-state index is 5.97. The molecule has 0 N–H and O–H groups in total. The molecule has 4 heteroatoms. The van der Waals surface area contributed by atoms with Gasteiger partial charge < -0.3 is 9.30 Å². The Morgan fingerprint density at radius 1 is 1.33 bits per heavy atom. The Hall–Kier alpha value is -1.22. The van der Waals surface area contributed by atoms with Crippen molar-refractivity contribution in [2.45, 2.75) is 46.1 Å². The molecule has 2 aromatic rings. The van der Waals surface area contributed by atoms with E-state index in [2.05, 4.69) is 23.6 Å². The zero-order valence-electron chi connectivity index (χ0n) is 12.9. The molecular weight excluding hydrogens is 284 g/mol. The van der Waals surface area contributed by atoms with Gasteiger partial charge in [0.05, 0.1) is 12.1 Å². The van der Waals surface area contributed by atoms with Crippen molar-refractivity contribution in [1.82, 2.24) is 9.55 Å². The topological polar surface area (TPSA) is 27.1 Å². The molecule has 114 valence electrons. The maximum Gasteiger partial charge on any atom is 0.147 e.